The molecule has 1 spiro atoms. The van der Waals surface area contributed by atoms with Crippen molar-refractivity contribution in [2.24, 2.45) is 5.92 Å². The third-order valence-electron chi connectivity index (χ3n) is 6.32. The lowest BCUT2D eigenvalue weighted by Crippen LogP contribution is -2.57. The van der Waals surface area contributed by atoms with Crippen molar-refractivity contribution >= 4 is 33.5 Å². The van der Waals surface area contributed by atoms with E-state index in [4.69, 9.17) is 9.47 Å². The summed E-state index contributed by atoms with van der Waals surface area (Å²) in [6, 6.07) is 5.95. The predicted molar refractivity (Wildman–Crippen MR) is 115 cm³/mol. The standard InChI is InChI=1S/C21H29N3O7S/c1-5-31-20(27)17-18(30-4)19(26)23(3)21(17)10-12-24(13-11-21)32(28,29)16-8-6-15(7-9-16)22-14(2)25/h6-9,17-18H,5,10-13H2,1-4H3,(H,22,25)/t17-,18+/m0/s1. The molecule has 32 heavy (non-hydrogen) atoms. The number of carbonyl (C=O) groups excluding carboxylic acids is 3. The van der Waals surface area contributed by atoms with Crippen LogP contribution in [0.1, 0.15) is 26.7 Å². The maximum absolute atomic E-state index is 13.2. The van der Waals surface area contributed by atoms with Crippen LogP contribution < -0.4 is 5.32 Å². The predicted octanol–water partition coefficient (Wildman–Crippen LogP) is 0.835. The van der Waals surface area contributed by atoms with E-state index in [0.29, 0.717) is 5.69 Å². The van der Waals surface area contributed by atoms with E-state index in [1.807, 2.05) is 0 Å². The molecule has 0 bridgehead atoms. The molecule has 2 fully saturated rings. The van der Waals surface area contributed by atoms with Gasteiger partial charge in [-0.1, -0.05) is 0 Å². The zero-order valence-electron chi connectivity index (χ0n) is 18.7. The summed E-state index contributed by atoms with van der Waals surface area (Å²) in [6.45, 7) is 3.52. The Balaban J connectivity index is 1.82. The maximum atomic E-state index is 13.2. The number of sulfonamides is 1. The van der Waals surface area contributed by atoms with Gasteiger partial charge in [-0.05, 0) is 44.0 Å². The number of likely N-dealkylation sites (tertiary alicyclic amines) is 1. The maximum Gasteiger partial charge on any atom is 0.314 e. The van der Waals surface area contributed by atoms with Crippen LogP contribution in [-0.2, 0) is 33.9 Å². The number of hydrogen-bond acceptors (Lipinski definition) is 7. The lowest BCUT2D eigenvalue weighted by molar-refractivity contribution is -0.156. The molecular weight excluding hydrogens is 438 g/mol. The van der Waals surface area contributed by atoms with Crippen molar-refractivity contribution in [1.82, 2.24) is 9.21 Å². The van der Waals surface area contributed by atoms with Crippen molar-refractivity contribution in [3.05, 3.63) is 24.3 Å². The molecule has 2 aliphatic heterocycles. The highest BCUT2D eigenvalue weighted by atomic mass is 32.2. The van der Waals surface area contributed by atoms with Crippen LogP contribution in [0.15, 0.2) is 29.2 Å². The number of likely N-dealkylation sites (N-methyl/N-ethyl adjacent to an activating group) is 1. The van der Waals surface area contributed by atoms with Gasteiger partial charge in [0.2, 0.25) is 15.9 Å². The Kier molecular flexibility index (Phi) is 6.91. The number of esters is 1. The van der Waals surface area contributed by atoms with E-state index >= 15 is 0 Å². The first-order valence-corrected chi connectivity index (χ1v) is 11.9. The molecule has 11 heteroatoms. The van der Waals surface area contributed by atoms with E-state index in [0.717, 1.165) is 0 Å². The summed E-state index contributed by atoms with van der Waals surface area (Å²) in [4.78, 5) is 38.3. The molecule has 2 saturated heterocycles. The number of anilines is 1. The summed E-state index contributed by atoms with van der Waals surface area (Å²) in [7, 11) is -0.777. The molecular formula is C21H29N3O7S. The summed E-state index contributed by atoms with van der Waals surface area (Å²) in [5.74, 6) is -1.90. The molecule has 3 rings (SSSR count). The number of ether oxygens (including phenoxy) is 2. The molecule has 0 aromatic heterocycles. The van der Waals surface area contributed by atoms with Crippen LogP contribution in [0.25, 0.3) is 0 Å². The van der Waals surface area contributed by atoms with Gasteiger partial charge in [0.15, 0.2) is 6.10 Å². The molecule has 0 radical (unpaired) electrons. The molecule has 2 aliphatic rings. The Hall–Kier alpha value is -2.50. The van der Waals surface area contributed by atoms with Gasteiger partial charge in [0.1, 0.15) is 5.92 Å². The van der Waals surface area contributed by atoms with Crippen molar-refractivity contribution in [3.8, 4) is 0 Å². The summed E-state index contributed by atoms with van der Waals surface area (Å²) < 4.78 is 38.2. The number of amides is 2. The van der Waals surface area contributed by atoms with Gasteiger partial charge in [-0.15, -0.1) is 0 Å². The van der Waals surface area contributed by atoms with E-state index in [1.165, 1.54) is 47.5 Å². The van der Waals surface area contributed by atoms with Gasteiger partial charge in [0.05, 0.1) is 17.0 Å². The van der Waals surface area contributed by atoms with Gasteiger partial charge in [-0.2, -0.15) is 4.31 Å². The van der Waals surface area contributed by atoms with Crippen molar-refractivity contribution in [1.29, 1.82) is 0 Å². The first kappa shape index (κ1) is 24.1. The molecule has 2 amide bonds. The molecule has 10 nitrogen and oxygen atoms in total. The largest absolute Gasteiger partial charge is 0.466 e. The van der Waals surface area contributed by atoms with E-state index in [1.54, 1.807) is 14.0 Å². The molecule has 1 aromatic rings. The number of piperidine rings is 1. The average Bonchev–Trinajstić information content (AvgIpc) is 2.95. The van der Waals surface area contributed by atoms with E-state index < -0.39 is 33.6 Å². The summed E-state index contributed by atoms with van der Waals surface area (Å²) in [5.41, 5.74) is -0.367. The van der Waals surface area contributed by atoms with Crippen molar-refractivity contribution < 1.29 is 32.3 Å². The van der Waals surface area contributed by atoms with Gasteiger partial charge < -0.3 is 19.7 Å². The SMILES string of the molecule is CCOC(=O)[C@@H]1[C@@H](OC)C(=O)N(C)C12CCN(S(=O)(=O)c1ccc(NC(C)=O)cc1)CC2. The highest BCUT2D eigenvalue weighted by Crippen LogP contribution is 2.45. The second-order valence-corrected chi connectivity index (χ2v) is 9.93. The number of benzene rings is 1. The van der Waals surface area contributed by atoms with Crippen LogP contribution >= 0.6 is 0 Å². The topological polar surface area (TPSA) is 122 Å². The Morgan fingerprint density at radius 1 is 1.19 bits per heavy atom. The quantitative estimate of drug-likeness (QED) is 0.615. The normalized spacial score (nSPS) is 23.4. The van der Waals surface area contributed by atoms with Gasteiger partial charge in [-0.3, -0.25) is 14.4 Å². The number of nitrogens with one attached hydrogen (secondary N) is 1. The fourth-order valence-corrected chi connectivity index (χ4v) is 6.12. The minimum atomic E-state index is -3.78. The molecule has 0 saturated carbocycles. The zero-order valence-corrected chi connectivity index (χ0v) is 19.5. The molecule has 2 heterocycles. The Labute approximate surface area is 187 Å². The summed E-state index contributed by atoms with van der Waals surface area (Å²) >= 11 is 0. The number of rotatable bonds is 6. The summed E-state index contributed by atoms with van der Waals surface area (Å²) in [5, 5.41) is 2.60. The monoisotopic (exact) mass is 467 g/mol. The number of hydrogen-bond donors (Lipinski definition) is 1. The van der Waals surface area contributed by atoms with Gasteiger partial charge in [0.25, 0.3) is 5.91 Å². The van der Waals surface area contributed by atoms with Crippen LogP contribution in [0.3, 0.4) is 0 Å². The lowest BCUT2D eigenvalue weighted by Gasteiger charge is -2.45. The first-order chi connectivity index (χ1) is 15.1. The van der Waals surface area contributed by atoms with Crippen molar-refractivity contribution in [3.63, 3.8) is 0 Å². The number of methoxy groups -OCH3 is 1. The number of carbonyl (C=O) groups is 3. The average molecular weight is 468 g/mol. The smallest absolute Gasteiger partial charge is 0.314 e. The second kappa shape index (κ2) is 9.16. The van der Waals surface area contributed by atoms with E-state index in [2.05, 4.69) is 5.32 Å². The van der Waals surface area contributed by atoms with Crippen LogP contribution in [0.5, 0.6) is 0 Å². The zero-order chi connectivity index (χ0) is 23.7. The van der Waals surface area contributed by atoms with Crippen LogP contribution in [0, 0.1) is 5.92 Å². The molecule has 2 atom stereocenters. The van der Waals surface area contributed by atoms with Crippen LogP contribution in [0.2, 0.25) is 0 Å². The minimum Gasteiger partial charge on any atom is -0.466 e. The Morgan fingerprint density at radius 2 is 1.78 bits per heavy atom. The van der Waals surface area contributed by atoms with Crippen molar-refractivity contribution in [2.45, 2.75) is 43.2 Å². The highest BCUT2D eigenvalue weighted by Gasteiger charge is 2.62. The third kappa shape index (κ3) is 4.12. The first-order valence-electron chi connectivity index (χ1n) is 10.4. The van der Waals surface area contributed by atoms with E-state index in [9.17, 15) is 22.8 Å². The molecule has 0 aliphatic carbocycles. The fourth-order valence-electron chi connectivity index (χ4n) is 4.68. The molecule has 0 unspecified atom stereocenters. The second-order valence-electron chi connectivity index (χ2n) is 8.00. The van der Waals surface area contributed by atoms with Gasteiger partial charge in [0, 0.05) is 39.9 Å². The lowest BCUT2D eigenvalue weighted by atomic mass is 9.76. The molecule has 1 N–H and O–H groups in total. The molecule has 176 valence electrons. The Morgan fingerprint density at radius 3 is 2.28 bits per heavy atom. The fraction of sp³-hybridized carbons (Fsp3) is 0.571. The molecule has 1 aromatic carbocycles. The minimum absolute atomic E-state index is 0.107. The van der Waals surface area contributed by atoms with E-state index in [-0.39, 0.29) is 49.2 Å². The summed E-state index contributed by atoms with van der Waals surface area (Å²) in [6.07, 6.45) is -0.396. The van der Waals surface area contributed by atoms with Crippen LogP contribution in [0.4, 0.5) is 5.69 Å². The van der Waals surface area contributed by atoms with Crippen molar-refractivity contribution in [2.75, 3.05) is 39.2 Å². The Bertz CT molecular complexity index is 985. The van der Waals surface area contributed by atoms with Gasteiger partial charge in [-0.25, -0.2) is 8.42 Å². The van der Waals surface area contributed by atoms with Gasteiger partial charge >= 0.3 is 5.97 Å². The number of nitrogens with zero attached hydrogens (tertiary/aromatic N) is 2. The van der Waals surface area contributed by atoms with Crippen LogP contribution in [-0.4, -0.2) is 80.9 Å². The highest BCUT2D eigenvalue weighted by molar-refractivity contribution is 7.89. The third-order valence-corrected chi connectivity index (χ3v) is 8.23.